The molecule has 2 aliphatic rings. The van der Waals surface area contributed by atoms with Crippen molar-refractivity contribution in [1.29, 1.82) is 0 Å². The first kappa shape index (κ1) is 15.6. The van der Waals surface area contributed by atoms with E-state index >= 15 is 0 Å². The Morgan fingerprint density at radius 2 is 2.00 bits per heavy atom. The van der Waals surface area contributed by atoms with Crippen LogP contribution in [0.15, 0.2) is 18.2 Å². The standard InChI is InChI=1S/C18H23NO2S/c1-12(19-11-17(10-18(19)21)22-13(2)20)15-8-7-14-5-3-4-6-16(14)9-15/h7-9,12,17H,3-6,10-11H2,1-2H3. The molecular weight excluding hydrogens is 294 g/mol. The van der Waals surface area contributed by atoms with E-state index in [0.717, 1.165) is 6.42 Å². The van der Waals surface area contributed by atoms with Gasteiger partial charge in [0.1, 0.15) is 0 Å². The summed E-state index contributed by atoms with van der Waals surface area (Å²) < 4.78 is 0. The number of hydrogen-bond acceptors (Lipinski definition) is 3. The Labute approximate surface area is 136 Å². The highest BCUT2D eigenvalue weighted by molar-refractivity contribution is 8.14. The number of fused-ring (bicyclic) bond motifs is 1. The molecule has 0 spiro atoms. The maximum Gasteiger partial charge on any atom is 0.224 e. The van der Waals surface area contributed by atoms with Crippen molar-refractivity contribution in [3.05, 3.63) is 34.9 Å². The molecule has 1 aromatic rings. The first-order valence-corrected chi connectivity index (χ1v) is 9.01. The van der Waals surface area contributed by atoms with E-state index in [4.69, 9.17) is 0 Å². The van der Waals surface area contributed by atoms with Gasteiger partial charge in [0.05, 0.1) is 6.04 Å². The molecule has 1 fully saturated rings. The van der Waals surface area contributed by atoms with Crippen molar-refractivity contribution in [3.63, 3.8) is 0 Å². The topological polar surface area (TPSA) is 37.4 Å². The van der Waals surface area contributed by atoms with Crippen LogP contribution >= 0.6 is 11.8 Å². The van der Waals surface area contributed by atoms with Crippen molar-refractivity contribution in [1.82, 2.24) is 4.90 Å². The molecular formula is C18H23NO2S. The summed E-state index contributed by atoms with van der Waals surface area (Å²) in [4.78, 5) is 25.5. The van der Waals surface area contributed by atoms with Crippen LogP contribution in [0.25, 0.3) is 0 Å². The molecule has 22 heavy (non-hydrogen) atoms. The highest BCUT2D eigenvalue weighted by atomic mass is 32.2. The van der Waals surface area contributed by atoms with Crippen LogP contribution in [0.3, 0.4) is 0 Å². The van der Waals surface area contributed by atoms with E-state index in [9.17, 15) is 9.59 Å². The number of aryl methyl sites for hydroxylation is 2. The second-order valence-electron chi connectivity index (χ2n) is 6.39. The van der Waals surface area contributed by atoms with Crippen LogP contribution < -0.4 is 0 Å². The van der Waals surface area contributed by atoms with E-state index in [1.165, 1.54) is 47.7 Å². The van der Waals surface area contributed by atoms with E-state index in [1.807, 2.05) is 4.90 Å². The smallest absolute Gasteiger partial charge is 0.224 e. The van der Waals surface area contributed by atoms with Gasteiger partial charge in [-0.2, -0.15) is 0 Å². The summed E-state index contributed by atoms with van der Waals surface area (Å²) in [6.45, 7) is 4.36. The number of likely N-dealkylation sites (tertiary alicyclic amines) is 1. The Morgan fingerprint density at radius 3 is 2.73 bits per heavy atom. The lowest BCUT2D eigenvalue weighted by Gasteiger charge is -2.27. The van der Waals surface area contributed by atoms with E-state index in [2.05, 4.69) is 25.1 Å². The van der Waals surface area contributed by atoms with Gasteiger partial charge in [-0.05, 0) is 49.3 Å². The molecule has 0 radical (unpaired) electrons. The molecule has 0 aromatic heterocycles. The lowest BCUT2D eigenvalue weighted by molar-refractivity contribution is -0.129. The van der Waals surface area contributed by atoms with Crippen molar-refractivity contribution < 1.29 is 9.59 Å². The van der Waals surface area contributed by atoms with Gasteiger partial charge in [-0.25, -0.2) is 0 Å². The minimum atomic E-state index is 0.0947. The molecule has 1 aromatic carbocycles. The summed E-state index contributed by atoms with van der Waals surface area (Å²) in [5, 5.41) is 0.214. The van der Waals surface area contributed by atoms with Crippen molar-refractivity contribution >= 4 is 22.8 Å². The molecule has 0 N–H and O–H groups in total. The third kappa shape index (κ3) is 3.22. The average Bonchev–Trinajstić information content (AvgIpc) is 2.85. The lowest BCUT2D eigenvalue weighted by Crippen LogP contribution is -2.29. The van der Waals surface area contributed by atoms with Crippen molar-refractivity contribution in [3.8, 4) is 0 Å². The molecule has 4 heteroatoms. The van der Waals surface area contributed by atoms with Gasteiger partial charge in [-0.3, -0.25) is 9.59 Å². The van der Waals surface area contributed by atoms with E-state index in [-0.39, 0.29) is 22.3 Å². The number of hydrogen-bond donors (Lipinski definition) is 0. The van der Waals surface area contributed by atoms with E-state index in [0.29, 0.717) is 13.0 Å². The fourth-order valence-electron chi connectivity index (χ4n) is 3.58. The zero-order valence-corrected chi connectivity index (χ0v) is 14.1. The van der Waals surface area contributed by atoms with Crippen LogP contribution in [0.4, 0.5) is 0 Å². The molecule has 1 amide bonds. The molecule has 1 aliphatic heterocycles. The zero-order chi connectivity index (χ0) is 15.7. The SMILES string of the molecule is CC(=O)SC1CC(=O)N(C(C)c2ccc3c(c2)CCCC3)C1. The normalized spacial score (nSPS) is 22.5. The second-order valence-corrected chi connectivity index (χ2v) is 7.87. The predicted octanol–water partition coefficient (Wildman–Crippen LogP) is 3.51. The Bertz CT molecular complexity index is 599. The van der Waals surface area contributed by atoms with Gasteiger partial charge in [0.2, 0.25) is 5.91 Å². The summed E-state index contributed by atoms with van der Waals surface area (Å²) in [6, 6.07) is 6.80. The Balaban J connectivity index is 1.75. The van der Waals surface area contributed by atoms with Gasteiger partial charge < -0.3 is 4.90 Å². The number of benzene rings is 1. The number of rotatable bonds is 3. The Kier molecular flexibility index (Phi) is 4.57. The number of carbonyl (C=O) groups excluding carboxylic acids is 2. The van der Waals surface area contributed by atoms with Gasteiger partial charge in [-0.15, -0.1) is 0 Å². The highest BCUT2D eigenvalue weighted by Crippen LogP contribution is 2.32. The van der Waals surface area contributed by atoms with Crippen LogP contribution in [0.2, 0.25) is 0 Å². The second kappa shape index (κ2) is 6.45. The van der Waals surface area contributed by atoms with Gasteiger partial charge in [0, 0.05) is 25.1 Å². The van der Waals surface area contributed by atoms with Gasteiger partial charge >= 0.3 is 0 Å². The van der Waals surface area contributed by atoms with Crippen molar-refractivity contribution in [2.75, 3.05) is 6.54 Å². The van der Waals surface area contributed by atoms with Gasteiger partial charge in [-0.1, -0.05) is 30.0 Å². The summed E-state index contributed by atoms with van der Waals surface area (Å²) >= 11 is 1.30. The number of carbonyl (C=O) groups is 2. The first-order valence-electron chi connectivity index (χ1n) is 8.13. The molecule has 0 saturated carbocycles. The molecule has 118 valence electrons. The monoisotopic (exact) mass is 317 g/mol. The zero-order valence-electron chi connectivity index (χ0n) is 13.3. The lowest BCUT2D eigenvalue weighted by atomic mass is 9.89. The molecule has 1 saturated heterocycles. The number of nitrogens with zero attached hydrogens (tertiary/aromatic N) is 1. The third-order valence-electron chi connectivity index (χ3n) is 4.78. The maximum absolute atomic E-state index is 12.3. The summed E-state index contributed by atoms with van der Waals surface area (Å²) in [7, 11) is 0. The van der Waals surface area contributed by atoms with Crippen molar-refractivity contribution in [2.45, 2.75) is 57.2 Å². The molecule has 3 nitrogen and oxygen atoms in total. The fraction of sp³-hybridized carbons (Fsp3) is 0.556. The van der Waals surface area contributed by atoms with E-state index < -0.39 is 0 Å². The van der Waals surface area contributed by atoms with E-state index in [1.54, 1.807) is 6.92 Å². The quantitative estimate of drug-likeness (QED) is 0.856. The average molecular weight is 317 g/mol. The van der Waals surface area contributed by atoms with Crippen LogP contribution in [0, 0.1) is 0 Å². The third-order valence-corrected chi connectivity index (χ3v) is 5.76. The highest BCUT2D eigenvalue weighted by Gasteiger charge is 2.34. The number of thioether (sulfide) groups is 1. The summed E-state index contributed by atoms with van der Waals surface area (Å²) in [5.74, 6) is 0.170. The molecule has 1 aliphatic carbocycles. The van der Waals surface area contributed by atoms with Crippen LogP contribution in [0.1, 0.15) is 55.8 Å². The van der Waals surface area contributed by atoms with Crippen LogP contribution in [-0.4, -0.2) is 27.7 Å². The minimum Gasteiger partial charge on any atom is -0.335 e. The maximum atomic E-state index is 12.3. The Morgan fingerprint density at radius 1 is 1.27 bits per heavy atom. The Hall–Kier alpha value is -1.29. The molecule has 2 unspecified atom stereocenters. The minimum absolute atomic E-state index is 0.0947. The van der Waals surface area contributed by atoms with Gasteiger partial charge in [0.25, 0.3) is 0 Å². The first-order chi connectivity index (χ1) is 10.5. The number of amides is 1. The molecule has 0 bridgehead atoms. The van der Waals surface area contributed by atoms with Crippen molar-refractivity contribution in [2.24, 2.45) is 0 Å². The van der Waals surface area contributed by atoms with Gasteiger partial charge in [0.15, 0.2) is 5.12 Å². The largest absolute Gasteiger partial charge is 0.335 e. The van der Waals surface area contributed by atoms with Crippen LogP contribution in [-0.2, 0) is 22.4 Å². The van der Waals surface area contributed by atoms with Crippen LogP contribution in [0.5, 0.6) is 0 Å². The molecule has 2 atom stereocenters. The predicted molar refractivity (Wildman–Crippen MR) is 89.9 cm³/mol. The molecule has 1 heterocycles. The summed E-state index contributed by atoms with van der Waals surface area (Å²) in [6.07, 6.45) is 5.39. The summed E-state index contributed by atoms with van der Waals surface area (Å²) in [5.41, 5.74) is 4.15. The fourth-order valence-corrected chi connectivity index (χ4v) is 4.51. The molecule has 3 rings (SSSR count).